The fourth-order valence-electron chi connectivity index (χ4n) is 2.57. The van der Waals surface area contributed by atoms with Gasteiger partial charge in [0.05, 0.1) is 17.4 Å². The minimum atomic E-state index is -3.59. The Labute approximate surface area is 168 Å². The molecule has 8 nitrogen and oxygen atoms in total. The Morgan fingerprint density at radius 1 is 1.07 bits per heavy atom. The van der Waals surface area contributed by atoms with Crippen LogP contribution in [0, 0.1) is 0 Å². The number of rotatable bonds is 6. The van der Waals surface area contributed by atoms with E-state index >= 15 is 0 Å². The Morgan fingerprint density at radius 2 is 1.76 bits per heavy atom. The number of esters is 1. The van der Waals surface area contributed by atoms with Gasteiger partial charge in [0.1, 0.15) is 11.6 Å². The van der Waals surface area contributed by atoms with Crippen LogP contribution in [0.1, 0.15) is 42.9 Å². The van der Waals surface area contributed by atoms with Gasteiger partial charge in [0.25, 0.3) is 0 Å². The second-order valence-electron chi connectivity index (χ2n) is 6.80. The summed E-state index contributed by atoms with van der Waals surface area (Å²) in [5.74, 6) is -0.322. The molecule has 0 aliphatic heterocycles. The van der Waals surface area contributed by atoms with E-state index in [-0.39, 0.29) is 22.7 Å². The summed E-state index contributed by atoms with van der Waals surface area (Å²) in [7, 11) is -3.59. The third-order valence-electron chi connectivity index (χ3n) is 3.92. The van der Waals surface area contributed by atoms with Gasteiger partial charge in [-0.05, 0) is 39.0 Å². The van der Waals surface area contributed by atoms with Crippen LogP contribution in [0.2, 0.25) is 0 Å². The highest BCUT2D eigenvalue weighted by Gasteiger charge is 2.20. The molecule has 0 fully saturated rings. The van der Waals surface area contributed by atoms with Crippen LogP contribution in [-0.4, -0.2) is 41.7 Å². The molecule has 1 atom stereocenters. The number of benzene rings is 1. The Morgan fingerprint density at radius 3 is 2.38 bits per heavy atom. The van der Waals surface area contributed by atoms with Crippen LogP contribution >= 0.6 is 0 Å². The molecule has 2 heterocycles. The average Bonchev–Trinajstić information content (AvgIpc) is 2.67. The highest BCUT2D eigenvalue weighted by Crippen LogP contribution is 2.28. The molecule has 0 radical (unpaired) electrons. The average molecular weight is 415 g/mol. The summed E-state index contributed by atoms with van der Waals surface area (Å²) in [4.78, 5) is 24.8. The van der Waals surface area contributed by atoms with E-state index < -0.39 is 21.9 Å². The molecule has 0 aliphatic rings. The minimum Gasteiger partial charge on any atom is -0.473 e. The zero-order valence-electron chi connectivity index (χ0n) is 16.5. The van der Waals surface area contributed by atoms with Gasteiger partial charge in [-0.3, -0.25) is 0 Å². The highest BCUT2D eigenvalue weighted by atomic mass is 32.2. The Hall–Kier alpha value is -3.07. The van der Waals surface area contributed by atoms with Crippen LogP contribution in [0.3, 0.4) is 0 Å². The molecule has 9 heteroatoms. The molecule has 1 aromatic carbocycles. The number of hydrogen-bond acceptors (Lipinski definition) is 8. The van der Waals surface area contributed by atoms with Gasteiger partial charge in [-0.25, -0.2) is 28.2 Å². The van der Waals surface area contributed by atoms with Crippen LogP contribution in [0.15, 0.2) is 47.8 Å². The Balaban J connectivity index is 2.01. The fourth-order valence-corrected chi connectivity index (χ4v) is 3.07. The van der Waals surface area contributed by atoms with Crippen LogP contribution in [0.25, 0.3) is 10.9 Å². The number of carbonyl (C=O) groups is 1. The van der Waals surface area contributed by atoms with Crippen molar-refractivity contribution in [2.45, 2.75) is 38.1 Å². The summed E-state index contributed by atoms with van der Waals surface area (Å²) in [6.07, 6.45) is 1.53. The van der Waals surface area contributed by atoms with E-state index in [2.05, 4.69) is 15.0 Å². The van der Waals surface area contributed by atoms with Crippen molar-refractivity contribution in [1.82, 2.24) is 15.0 Å². The van der Waals surface area contributed by atoms with Gasteiger partial charge in [0, 0.05) is 17.8 Å². The summed E-state index contributed by atoms with van der Waals surface area (Å²) in [6, 6.07) is 10.3. The molecule has 0 aliphatic carbocycles. The number of fused-ring (bicyclic) bond motifs is 1. The second-order valence-corrected chi connectivity index (χ2v) is 8.70. The quantitative estimate of drug-likeness (QED) is 0.446. The van der Waals surface area contributed by atoms with Crippen molar-refractivity contribution in [3.05, 3.63) is 53.9 Å². The van der Waals surface area contributed by atoms with Crippen molar-refractivity contribution in [2.75, 3.05) is 6.26 Å². The SMILES string of the molecule is CC(C)Oc1nc([C@@H](C)OC(=O)c2ccccc2)cc2cnc(S(C)(=O)=O)nc12. The van der Waals surface area contributed by atoms with Crippen molar-refractivity contribution in [1.29, 1.82) is 0 Å². The lowest BCUT2D eigenvalue weighted by molar-refractivity contribution is 0.0327. The van der Waals surface area contributed by atoms with Gasteiger partial charge in [-0.15, -0.1) is 0 Å². The van der Waals surface area contributed by atoms with Gasteiger partial charge < -0.3 is 9.47 Å². The number of hydrogen-bond donors (Lipinski definition) is 0. The first kappa shape index (κ1) is 20.7. The maximum atomic E-state index is 12.3. The van der Waals surface area contributed by atoms with E-state index in [1.54, 1.807) is 37.3 Å². The lowest BCUT2D eigenvalue weighted by Crippen LogP contribution is -2.13. The van der Waals surface area contributed by atoms with E-state index in [1.807, 2.05) is 19.9 Å². The van der Waals surface area contributed by atoms with Crippen molar-refractivity contribution in [3.63, 3.8) is 0 Å². The first-order chi connectivity index (χ1) is 13.6. The summed E-state index contributed by atoms with van der Waals surface area (Å²) in [6.45, 7) is 5.33. The van der Waals surface area contributed by atoms with Gasteiger partial charge in [-0.1, -0.05) is 18.2 Å². The first-order valence-corrected chi connectivity index (χ1v) is 10.8. The standard InChI is InChI=1S/C20H21N3O5S/c1-12(2)27-18-17-15(11-21-20(23-17)29(4,25)26)10-16(22-18)13(3)28-19(24)14-8-6-5-7-9-14/h5-13H,1-4H3/t13-/m1/s1. The topological polar surface area (TPSA) is 108 Å². The first-order valence-electron chi connectivity index (χ1n) is 8.95. The molecule has 2 aromatic heterocycles. The highest BCUT2D eigenvalue weighted by molar-refractivity contribution is 7.90. The molecule has 29 heavy (non-hydrogen) atoms. The van der Waals surface area contributed by atoms with Gasteiger partial charge >= 0.3 is 5.97 Å². The number of aromatic nitrogens is 3. The van der Waals surface area contributed by atoms with E-state index in [0.29, 0.717) is 16.6 Å². The summed E-state index contributed by atoms with van der Waals surface area (Å²) >= 11 is 0. The van der Waals surface area contributed by atoms with Crippen molar-refractivity contribution >= 4 is 26.7 Å². The third kappa shape index (κ3) is 4.86. The molecule has 152 valence electrons. The normalized spacial score (nSPS) is 12.7. The molecule has 0 spiro atoms. The lowest BCUT2D eigenvalue weighted by atomic mass is 10.2. The molecule has 3 rings (SSSR count). The molecule has 0 amide bonds. The largest absolute Gasteiger partial charge is 0.473 e. The summed E-state index contributed by atoms with van der Waals surface area (Å²) in [5, 5.41) is 0.220. The number of nitrogens with zero attached hydrogens (tertiary/aromatic N) is 3. The number of ether oxygens (including phenoxy) is 2. The predicted molar refractivity (Wildman–Crippen MR) is 106 cm³/mol. The maximum absolute atomic E-state index is 12.3. The number of pyridine rings is 1. The van der Waals surface area contributed by atoms with Crippen LogP contribution in [0.5, 0.6) is 5.88 Å². The molecule has 0 N–H and O–H groups in total. The number of carbonyl (C=O) groups excluding carboxylic acids is 1. The number of sulfone groups is 1. The molecule has 0 bridgehead atoms. The Kier molecular flexibility index (Phi) is 5.78. The summed E-state index contributed by atoms with van der Waals surface area (Å²) in [5.41, 5.74) is 1.15. The predicted octanol–water partition coefficient (Wildman–Crippen LogP) is 3.13. The van der Waals surface area contributed by atoms with E-state index in [1.165, 1.54) is 6.20 Å². The summed E-state index contributed by atoms with van der Waals surface area (Å²) < 4.78 is 34.8. The van der Waals surface area contributed by atoms with E-state index in [0.717, 1.165) is 6.26 Å². The third-order valence-corrected chi connectivity index (χ3v) is 4.78. The molecule has 0 unspecified atom stereocenters. The monoisotopic (exact) mass is 415 g/mol. The zero-order valence-corrected chi connectivity index (χ0v) is 17.3. The fraction of sp³-hybridized carbons (Fsp3) is 0.300. The van der Waals surface area contributed by atoms with Gasteiger partial charge in [0.15, 0.2) is 0 Å². The van der Waals surface area contributed by atoms with Crippen LogP contribution in [-0.2, 0) is 14.6 Å². The van der Waals surface area contributed by atoms with Crippen LogP contribution in [0.4, 0.5) is 0 Å². The van der Waals surface area contributed by atoms with Gasteiger partial charge in [-0.2, -0.15) is 0 Å². The zero-order chi connectivity index (χ0) is 21.2. The molecular formula is C20H21N3O5S. The van der Waals surface area contributed by atoms with E-state index in [4.69, 9.17) is 9.47 Å². The Bertz CT molecular complexity index is 1150. The van der Waals surface area contributed by atoms with Gasteiger partial charge in [0.2, 0.25) is 20.9 Å². The maximum Gasteiger partial charge on any atom is 0.338 e. The molecular weight excluding hydrogens is 394 g/mol. The minimum absolute atomic E-state index is 0.155. The van der Waals surface area contributed by atoms with Crippen molar-refractivity contribution in [2.24, 2.45) is 0 Å². The molecule has 3 aromatic rings. The van der Waals surface area contributed by atoms with Crippen LogP contribution < -0.4 is 4.74 Å². The van der Waals surface area contributed by atoms with E-state index in [9.17, 15) is 13.2 Å². The van der Waals surface area contributed by atoms with Crippen molar-refractivity contribution in [3.8, 4) is 5.88 Å². The van der Waals surface area contributed by atoms with Crippen molar-refractivity contribution < 1.29 is 22.7 Å². The lowest BCUT2D eigenvalue weighted by Gasteiger charge is -2.17. The smallest absolute Gasteiger partial charge is 0.338 e. The molecule has 0 saturated heterocycles. The second kappa shape index (κ2) is 8.12. The molecule has 0 saturated carbocycles.